The van der Waals surface area contributed by atoms with Gasteiger partial charge in [0.25, 0.3) is 0 Å². The summed E-state index contributed by atoms with van der Waals surface area (Å²) in [5.74, 6) is -1.08. The van der Waals surface area contributed by atoms with Crippen molar-refractivity contribution >= 4 is 5.97 Å². The number of aromatic carboxylic acids is 1. The largest absolute Gasteiger partial charge is 0.491 e. The normalized spacial score (nSPS) is 10.6. The van der Waals surface area contributed by atoms with E-state index in [9.17, 15) is 9.18 Å². The molecule has 0 aromatic heterocycles. The van der Waals surface area contributed by atoms with Gasteiger partial charge in [0.05, 0.1) is 11.7 Å². The van der Waals surface area contributed by atoms with E-state index in [1.54, 1.807) is 24.3 Å². The first-order chi connectivity index (χ1) is 9.47. The first-order valence-electron chi connectivity index (χ1n) is 6.27. The van der Waals surface area contributed by atoms with E-state index >= 15 is 0 Å². The summed E-state index contributed by atoms with van der Waals surface area (Å²) >= 11 is 0. The molecule has 0 aliphatic heterocycles. The first-order valence-corrected chi connectivity index (χ1v) is 6.27. The van der Waals surface area contributed by atoms with Crippen molar-refractivity contribution in [2.75, 3.05) is 0 Å². The van der Waals surface area contributed by atoms with Gasteiger partial charge in [-0.3, -0.25) is 0 Å². The second kappa shape index (κ2) is 5.74. The summed E-state index contributed by atoms with van der Waals surface area (Å²) in [6.45, 7) is 3.82. The highest BCUT2D eigenvalue weighted by molar-refractivity contribution is 5.96. The van der Waals surface area contributed by atoms with Gasteiger partial charge in [-0.1, -0.05) is 18.2 Å². The second-order valence-corrected chi connectivity index (χ2v) is 4.69. The monoisotopic (exact) mass is 274 g/mol. The third kappa shape index (κ3) is 3.15. The van der Waals surface area contributed by atoms with Gasteiger partial charge in [0, 0.05) is 0 Å². The van der Waals surface area contributed by atoms with Crippen molar-refractivity contribution in [3.05, 3.63) is 53.8 Å². The number of ether oxygens (including phenoxy) is 1. The van der Waals surface area contributed by atoms with E-state index in [4.69, 9.17) is 9.84 Å². The number of carbonyl (C=O) groups is 1. The van der Waals surface area contributed by atoms with Crippen molar-refractivity contribution in [1.29, 1.82) is 0 Å². The van der Waals surface area contributed by atoms with Crippen molar-refractivity contribution in [3.8, 4) is 16.9 Å². The van der Waals surface area contributed by atoms with Crippen LogP contribution in [0.25, 0.3) is 11.1 Å². The highest BCUT2D eigenvalue weighted by atomic mass is 19.1. The summed E-state index contributed by atoms with van der Waals surface area (Å²) in [5, 5.41) is 9.17. The quantitative estimate of drug-likeness (QED) is 0.917. The Kier molecular flexibility index (Phi) is 4.03. The minimum Gasteiger partial charge on any atom is -0.491 e. The molecule has 0 saturated heterocycles. The van der Waals surface area contributed by atoms with Crippen LogP contribution in [0.4, 0.5) is 4.39 Å². The maximum Gasteiger partial charge on any atom is 0.336 e. The standard InChI is InChI=1S/C16H15FO3/c1-10(2)20-13-5-3-4-11(8-13)14-7-6-12(17)9-15(14)16(18)19/h3-10H,1-2H3,(H,18,19). The van der Waals surface area contributed by atoms with Crippen LogP contribution in [0.2, 0.25) is 0 Å². The molecule has 2 aromatic carbocycles. The molecule has 0 saturated carbocycles. The van der Waals surface area contributed by atoms with E-state index in [2.05, 4.69) is 0 Å². The Hall–Kier alpha value is -2.36. The van der Waals surface area contributed by atoms with E-state index in [0.717, 1.165) is 6.07 Å². The van der Waals surface area contributed by atoms with Gasteiger partial charge >= 0.3 is 5.97 Å². The Morgan fingerprint density at radius 3 is 2.60 bits per heavy atom. The zero-order chi connectivity index (χ0) is 14.7. The molecule has 0 unspecified atom stereocenters. The van der Waals surface area contributed by atoms with Crippen LogP contribution in [-0.4, -0.2) is 17.2 Å². The van der Waals surface area contributed by atoms with Crippen LogP contribution in [0.15, 0.2) is 42.5 Å². The van der Waals surface area contributed by atoms with Crippen molar-refractivity contribution in [3.63, 3.8) is 0 Å². The molecule has 4 heteroatoms. The number of hydrogen-bond acceptors (Lipinski definition) is 2. The number of carboxylic acids is 1. The third-order valence-electron chi connectivity index (χ3n) is 2.73. The molecule has 0 aliphatic carbocycles. The van der Waals surface area contributed by atoms with Crippen LogP contribution in [0.5, 0.6) is 5.75 Å². The van der Waals surface area contributed by atoms with Gasteiger partial charge < -0.3 is 9.84 Å². The molecule has 2 rings (SSSR count). The number of hydrogen-bond donors (Lipinski definition) is 1. The topological polar surface area (TPSA) is 46.5 Å². The van der Waals surface area contributed by atoms with E-state index in [1.165, 1.54) is 12.1 Å². The summed E-state index contributed by atoms with van der Waals surface area (Å²) in [5.41, 5.74) is 1.08. The van der Waals surface area contributed by atoms with Gasteiger partial charge in [0.15, 0.2) is 0 Å². The summed E-state index contributed by atoms with van der Waals surface area (Å²) < 4.78 is 18.8. The van der Waals surface area contributed by atoms with E-state index in [1.807, 2.05) is 13.8 Å². The molecule has 0 amide bonds. The fraction of sp³-hybridized carbons (Fsp3) is 0.188. The lowest BCUT2D eigenvalue weighted by molar-refractivity contribution is 0.0697. The highest BCUT2D eigenvalue weighted by Gasteiger charge is 2.13. The van der Waals surface area contributed by atoms with E-state index in [0.29, 0.717) is 16.9 Å². The lowest BCUT2D eigenvalue weighted by atomic mass is 9.99. The SMILES string of the molecule is CC(C)Oc1cccc(-c2ccc(F)cc2C(=O)O)c1. The number of rotatable bonds is 4. The van der Waals surface area contributed by atoms with Crippen LogP contribution in [0.1, 0.15) is 24.2 Å². The summed E-state index contributed by atoms with van der Waals surface area (Å²) in [7, 11) is 0. The van der Waals surface area contributed by atoms with Crippen molar-refractivity contribution in [2.24, 2.45) is 0 Å². The molecule has 0 bridgehead atoms. The molecule has 0 aliphatic rings. The van der Waals surface area contributed by atoms with Gasteiger partial charge in [-0.25, -0.2) is 9.18 Å². The Labute approximate surface area is 116 Å². The molecule has 0 heterocycles. The molecule has 20 heavy (non-hydrogen) atoms. The molecular formula is C16H15FO3. The fourth-order valence-electron chi connectivity index (χ4n) is 1.95. The summed E-state index contributed by atoms with van der Waals surface area (Å²) in [4.78, 5) is 11.2. The third-order valence-corrected chi connectivity index (χ3v) is 2.73. The fourth-order valence-corrected chi connectivity index (χ4v) is 1.95. The smallest absolute Gasteiger partial charge is 0.336 e. The molecule has 104 valence electrons. The molecule has 3 nitrogen and oxygen atoms in total. The van der Waals surface area contributed by atoms with Crippen LogP contribution < -0.4 is 4.74 Å². The maximum absolute atomic E-state index is 13.2. The maximum atomic E-state index is 13.2. The lowest BCUT2D eigenvalue weighted by Crippen LogP contribution is -2.05. The Balaban J connectivity index is 2.48. The average molecular weight is 274 g/mol. The predicted molar refractivity (Wildman–Crippen MR) is 74.6 cm³/mol. The van der Waals surface area contributed by atoms with Crippen LogP contribution in [-0.2, 0) is 0 Å². The van der Waals surface area contributed by atoms with E-state index in [-0.39, 0.29) is 11.7 Å². The van der Waals surface area contributed by atoms with Crippen LogP contribution in [0.3, 0.4) is 0 Å². The van der Waals surface area contributed by atoms with Crippen LogP contribution in [0, 0.1) is 5.82 Å². The molecular weight excluding hydrogens is 259 g/mol. The molecule has 1 N–H and O–H groups in total. The van der Waals surface area contributed by atoms with Gasteiger partial charge in [-0.2, -0.15) is 0 Å². The Bertz CT molecular complexity index is 635. The minimum atomic E-state index is -1.16. The Morgan fingerprint density at radius 1 is 1.20 bits per heavy atom. The lowest BCUT2D eigenvalue weighted by Gasteiger charge is -2.12. The zero-order valence-corrected chi connectivity index (χ0v) is 11.3. The molecule has 0 spiro atoms. The second-order valence-electron chi connectivity index (χ2n) is 4.69. The molecule has 0 fully saturated rings. The van der Waals surface area contributed by atoms with Gasteiger partial charge in [-0.15, -0.1) is 0 Å². The zero-order valence-electron chi connectivity index (χ0n) is 11.3. The predicted octanol–water partition coefficient (Wildman–Crippen LogP) is 3.98. The molecule has 0 radical (unpaired) electrons. The number of carboxylic acid groups (broad SMARTS) is 1. The van der Waals surface area contributed by atoms with Gasteiger partial charge in [-0.05, 0) is 49.2 Å². The average Bonchev–Trinajstić information content (AvgIpc) is 2.38. The van der Waals surface area contributed by atoms with Crippen LogP contribution >= 0.6 is 0 Å². The highest BCUT2D eigenvalue weighted by Crippen LogP contribution is 2.28. The van der Waals surface area contributed by atoms with Crippen molar-refractivity contribution < 1.29 is 19.0 Å². The van der Waals surface area contributed by atoms with Crippen molar-refractivity contribution in [2.45, 2.75) is 20.0 Å². The van der Waals surface area contributed by atoms with Gasteiger partial charge in [0.2, 0.25) is 0 Å². The Morgan fingerprint density at radius 2 is 1.95 bits per heavy atom. The summed E-state index contributed by atoms with van der Waals surface area (Å²) in [6.07, 6.45) is 0.0254. The minimum absolute atomic E-state index is 0.0254. The number of benzene rings is 2. The number of halogens is 1. The first kappa shape index (κ1) is 14.1. The van der Waals surface area contributed by atoms with E-state index < -0.39 is 11.8 Å². The molecule has 0 atom stereocenters. The summed E-state index contributed by atoms with van der Waals surface area (Å²) in [6, 6.07) is 10.8. The van der Waals surface area contributed by atoms with Gasteiger partial charge in [0.1, 0.15) is 11.6 Å². The van der Waals surface area contributed by atoms with Crippen molar-refractivity contribution in [1.82, 2.24) is 0 Å². The molecule has 2 aromatic rings.